The van der Waals surface area contributed by atoms with Crippen molar-refractivity contribution >= 4 is 11.6 Å². The molecule has 0 bridgehead atoms. The lowest BCUT2D eigenvalue weighted by atomic mass is 9.79. The molecule has 4 heterocycles. The van der Waals surface area contributed by atoms with Crippen LogP contribution < -0.4 is 10.8 Å². The molecule has 1 saturated carbocycles. The predicted octanol–water partition coefficient (Wildman–Crippen LogP) is 3.82. The van der Waals surface area contributed by atoms with E-state index in [4.69, 9.17) is 4.84 Å². The van der Waals surface area contributed by atoms with Crippen LogP contribution >= 0.6 is 0 Å². The number of aromatic nitrogens is 3. The maximum atomic E-state index is 13.1. The minimum atomic E-state index is -4.46. The van der Waals surface area contributed by atoms with E-state index in [1.807, 2.05) is 12.1 Å². The second-order valence-corrected chi connectivity index (χ2v) is 11.0. The molecule has 1 amide bonds. The summed E-state index contributed by atoms with van der Waals surface area (Å²) in [5, 5.41) is 15.0. The van der Waals surface area contributed by atoms with Gasteiger partial charge in [-0.1, -0.05) is 12.1 Å². The number of hydrogen-bond acceptors (Lipinski definition) is 8. The summed E-state index contributed by atoms with van der Waals surface area (Å²) in [5.41, 5.74) is 2.91. The van der Waals surface area contributed by atoms with Crippen LogP contribution in [0.1, 0.15) is 48.9 Å². The number of alkyl halides is 3. The fraction of sp³-hybridized carbons (Fsp3) is 0.400. The first-order chi connectivity index (χ1) is 20.2. The zero-order valence-electron chi connectivity index (χ0n) is 22.7. The molecule has 2 aliphatic heterocycles. The van der Waals surface area contributed by atoms with Gasteiger partial charge in [-0.05, 0) is 68.5 Å². The Bertz CT molecular complexity index is 1440. The van der Waals surface area contributed by atoms with Crippen molar-refractivity contribution in [3.05, 3.63) is 84.0 Å². The van der Waals surface area contributed by atoms with E-state index < -0.39 is 23.4 Å². The molecule has 12 heteroatoms. The first-order valence-electron chi connectivity index (χ1n) is 14.0. The van der Waals surface area contributed by atoms with Crippen molar-refractivity contribution in [2.24, 2.45) is 0 Å². The quantitative estimate of drug-likeness (QED) is 0.404. The average Bonchev–Trinajstić information content (AvgIpc) is 3.69. The van der Waals surface area contributed by atoms with Crippen LogP contribution in [0, 0.1) is 0 Å². The number of amides is 1. The van der Waals surface area contributed by atoms with Crippen molar-refractivity contribution in [3.63, 3.8) is 0 Å². The first-order valence-corrected chi connectivity index (χ1v) is 14.0. The third-order valence-electron chi connectivity index (χ3n) is 8.21. The summed E-state index contributed by atoms with van der Waals surface area (Å²) in [6.45, 7) is 1.07. The molecule has 1 aliphatic carbocycles. The van der Waals surface area contributed by atoms with Crippen LogP contribution in [0.15, 0.2) is 67.1 Å². The number of nitrogens with one attached hydrogen (secondary N) is 2. The van der Waals surface area contributed by atoms with Gasteiger partial charge in [-0.2, -0.15) is 13.2 Å². The Morgan fingerprint density at radius 2 is 1.81 bits per heavy atom. The van der Waals surface area contributed by atoms with E-state index in [-0.39, 0.29) is 18.0 Å². The minimum absolute atomic E-state index is 0.106. The summed E-state index contributed by atoms with van der Waals surface area (Å²) in [6, 6.07) is 10.7. The lowest BCUT2D eigenvalue weighted by Gasteiger charge is -2.37. The highest BCUT2D eigenvalue weighted by molar-refractivity contribution is 5.86. The van der Waals surface area contributed by atoms with Crippen LogP contribution in [-0.2, 0) is 21.4 Å². The van der Waals surface area contributed by atoms with Crippen molar-refractivity contribution in [1.29, 1.82) is 0 Å². The van der Waals surface area contributed by atoms with Gasteiger partial charge < -0.3 is 15.3 Å². The third kappa shape index (κ3) is 6.01. The van der Waals surface area contributed by atoms with Gasteiger partial charge in [-0.25, -0.2) is 9.97 Å². The van der Waals surface area contributed by atoms with Gasteiger partial charge in [0.2, 0.25) is 0 Å². The number of hydrogen-bond donors (Lipinski definition) is 3. The Kier molecular flexibility index (Phi) is 7.69. The van der Waals surface area contributed by atoms with Gasteiger partial charge in [0.1, 0.15) is 5.60 Å². The Labute approximate surface area is 240 Å². The van der Waals surface area contributed by atoms with Gasteiger partial charge >= 0.3 is 6.18 Å². The van der Waals surface area contributed by atoms with Crippen LogP contribution in [0.25, 0.3) is 17.1 Å². The predicted molar refractivity (Wildman–Crippen MR) is 147 cm³/mol. The molecule has 9 nitrogen and oxygen atoms in total. The molecule has 3 N–H and O–H groups in total. The van der Waals surface area contributed by atoms with E-state index in [0.717, 1.165) is 37.0 Å². The summed E-state index contributed by atoms with van der Waals surface area (Å²) >= 11 is 0. The average molecular weight is 581 g/mol. The zero-order chi connectivity index (χ0) is 29.3. The van der Waals surface area contributed by atoms with Crippen molar-refractivity contribution < 1.29 is 27.9 Å². The number of carbonyl (C=O) groups is 1. The molecule has 2 atom stereocenters. The maximum absolute atomic E-state index is 13.1. The number of hydroxylamine groups is 1. The molecule has 1 saturated heterocycles. The molecule has 3 aliphatic rings. The number of pyridine rings is 1. The standard InChI is InChI=1S/C30H31F3N6O3/c31-30(32,33)21-4-1-3-19(15-21)24-16-25(42-38-24)28(40)39-14-9-23(18-39)37-22-7-10-29(41,11-8-22)26-6-5-20(17-36-26)27-34-12-2-13-35-27/h1-6,12-13,15-17,22-23,25,37-38,41H,7-11,14,18H2. The Morgan fingerprint density at radius 1 is 1.02 bits per heavy atom. The fourth-order valence-electron chi connectivity index (χ4n) is 5.86. The summed E-state index contributed by atoms with van der Waals surface area (Å²) in [6.07, 6.45) is 4.65. The highest BCUT2D eigenvalue weighted by atomic mass is 19.4. The summed E-state index contributed by atoms with van der Waals surface area (Å²) < 4.78 is 39.3. The van der Waals surface area contributed by atoms with E-state index in [1.165, 1.54) is 18.2 Å². The van der Waals surface area contributed by atoms with Gasteiger partial charge in [-0.3, -0.25) is 20.1 Å². The zero-order valence-corrected chi connectivity index (χ0v) is 22.7. The second-order valence-electron chi connectivity index (χ2n) is 11.0. The topological polar surface area (TPSA) is 112 Å². The number of benzene rings is 1. The normalized spacial score (nSPS) is 26.1. The number of carbonyl (C=O) groups excluding carboxylic acids is 1. The summed E-state index contributed by atoms with van der Waals surface area (Å²) in [7, 11) is 0. The van der Waals surface area contributed by atoms with Gasteiger partial charge in [0.25, 0.3) is 5.91 Å². The number of rotatable bonds is 6. The molecule has 2 fully saturated rings. The molecular formula is C30H31F3N6O3. The van der Waals surface area contributed by atoms with Crippen LogP contribution in [0.3, 0.4) is 0 Å². The number of aliphatic hydroxyl groups is 1. The molecule has 2 aromatic heterocycles. The van der Waals surface area contributed by atoms with Crippen molar-refractivity contribution in [2.75, 3.05) is 13.1 Å². The van der Waals surface area contributed by atoms with E-state index in [0.29, 0.717) is 48.7 Å². The molecule has 42 heavy (non-hydrogen) atoms. The maximum Gasteiger partial charge on any atom is 0.416 e. The molecule has 220 valence electrons. The molecular weight excluding hydrogens is 549 g/mol. The Balaban J connectivity index is 0.999. The number of likely N-dealkylation sites (tertiary alicyclic amines) is 1. The van der Waals surface area contributed by atoms with Crippen molar-refractivity contribution in [1.82, 2.24) is 30.6 Å². The molecule has 6 rings (SSSR count). The van der Waals surface area contributed by atoms with Crippen LogP contribution in [-0.4, -0.2) is 62.1 Å². The van der Waals surface area contributed by atoms with E-state index in [9.17, 15) is 23.1 Å². The monoisotopic (exact) mass is 580 g/mol. The number of halogens is 3. The highest BCUT2D eigenvalue weighted by Gasteiger charge is 2.39. The Morgan fingerprint density at radius 3 is 2.52 bits per heavy atom. The second kappa shape index (κ2) is 11.4. The lowest BCUT2D eigenvalue weighted by Crippen LogP contribution is -2.46. The van der Waals surface area contributed by atoms with Crippen molar-refractivity contribution in [2.45, 2.75) is 62.1 Å². The molecule has 0 spiro atoms. The van der Waals surface area contributed by atoms with Crippen LogP contribution in [0.4, 0.5) is 13.2 Å². The number of nitrogens with zero attached hydrogens (tertiary/aromatic N) is 4. The van der Waals surface area contributed by atoms with E-state index in [2.05, 4.69) is 25.7 Å². The lowest BCUT2D eigenvalue weighted by molar-refractivity contribution is -0.141. The minimum Gasteiger partial charge on any atom is -0.384 e. The van der Waals surface area contributed by atoms with E-state index >= 15 is 0 Å². The fourth-order valence-corrected chi connectivity index (χ4v) is 5.86. The van der Waals surface area contributed by atoms with Gasteiger partial charge in [0, 0.05) is 54.9 Å². The Hall–Kier alpha value is -3.87. The molecule has 0 radical (unpaired) electrons. The molecule has 1 aromatic carbocycles. The van der Waals surface area contributed by atoms with Gasteiger partial charge in [-0.15, -0.1) is 0 Å². The third-order valence-corrected chi connectivity index (χ3v) is 8.21. The van der Waals surface area contributed by atoms with Crippen LogP contribution in [0.5, 0.6) is 0 Å². The van der Waals surface area contributed by atoms with Crippen LogP contribution in [0.2, 0.25) is 0 Å². The smallest absolute Gasteiger partial charge is 0.384 e. The molecule has 2 unspecified atom stereocenters. The highest BCUT2D eigenvalue weighted by Crippen LogP contribution is 2.37. The largest absolute Gasteiger partial charge is 0.416 e. The van der Waals surface area contributed by atoms with E-state index in [1.54, 1.807) is 29.6 Å². The van der Waals surface area contributed by atoms with Gasteiger partial charge in [0.05, 0.1) is 17.0 Å². The first kappa shape index (κ1) is 28.3. The molecule has 3 aromatic rings. The van der Waals surface area contributed by atoms with Crippen molar-refractivity contribution in [3.8, 4) is 11.4 Å². The van der Waals surface area contributed by atoms with Gasteiger partial charge in [0.15, 0.2) is 11.9 Å². The summed E-state index contributed by atoms with van der Waals surface area (Å²) in [4.78, 5) is 33.2. The SMILES string of the molecule is O=C(C1C=C(c2cccc(C(F)(F)F)c2)NO1)N1CCC(NC2CCC(O)(c3ccc(-c4ncccn4)cn3)CC2)C1. The summed E-state index contributed by atoms with van der Waals surface area (Å²) in [5.74, 6) is 0.352.